The van der Waals surface area contributed by atoms with E-state index >= 15 is 0 Å². The van der Waals surface area contributed by atoms with Gasteiger partial charge in [-0.3, -0.25) is 9.59 Å². The summed E-state index contributed by atoms with van der Waals surface area (Å²) in [6, 6.07) is 9.64. The van der Waals surface area contributed by atoms with Gasteiger partial charge in [-0.25, -0.2) is 8.42 Å². The zero-order valence-corrected chi connectivity index (χ0v) is 16.8. The van der Waals surface area contributed by atoms with Crippen molar-refractivity contribution in [3.8, 4) is 0 Å². The summed E-state index contributed by atoms with van der Waals surface area (Å²) in [5, 5.41) is 0. The molecule has 0 saturated carbocycles. The summed E-state index contributed by atoms with van der Waals surface area (Å²) in [5.74, 6) is -0.620. The number of carbonyl (C=O) groups is 2. The summed E-state index contributed by atoms with van der Waals surface area (Å²) in [6.45, 7) is 5.40. The van der Waals surface area contributed by atoms with Crippen LogP contribution in [0.25, 0.3) is 0 Å². The number of rotatable bonds is 5. The number of sulfone groups is 1. The second kappa shape index (κ2) is 8.18. The van der Waals surface area contributed by atoms with Crippen LogP contribution in [-0.4, -0.2) is 56.2 Å². The molecule has 7 nitrogen and oxygen atoms in total. The molecule has 1 aromatic heterocycles. The van der Waals surface area contributed by atoms with E-state index in [0.29, 0.717) is 31.7 Å². The molecule has 0 N–H and O–H groups in total. The molecule has 1 saturated heterocycles. The highest BCUT2D eigenvalue weighted by atomic mass is 32.2. The zero-order valence-electron chi connectivity index (χ0n) is 16.0. The van der Waals surface area contributed by atoms with Gasteiger partial charge in [-0.1, -0.05) is 32.0 Å². The van der Waals surface area contributed by atoms with Gasteiger partial charge < -0.3 is 14.2 Å². The van der Waals surface area contributed by atoms with Crippen LogP contribution in [-0.2, 0) is 20.4 Å². The first kappa shape index (κ1) is 20.1. The van der Waals surface area contributed by atoms with Crippen LogP contribution >= 0.6 is 0 Å². The fraction of sp³-hybridized carbons (Fsp3) is 0.400. The Hall–Kier alpha value is -2.61. The second-order valence-corrected chi connectivity index (χ2v) is 9.11. The lowest BCUT2D eigenvalue weighted by molar-refractivity contribution is -0.135. The van der Waals surface area contributed by atoms with Crippen molar-refractivity contribution < 1.29 is 22.4 Å². The SMILES string of the molecule is CC(C)C(=O)N1CCN(C(=O)c2occc2CS(=O)(=O)c2ccccc2)CC1. The third kappa shape index (κ3) is 4.27. The third-order valence-electron chi connectivity index (χ3n) is 4.76. The van der Waals surface area contributed by atoms with E-state index in [0.717, 1.165) is 0 Å². The van der Waals surface area contributed by atoms with Gasteiger partial charge in [0.2, 0.25) is 5.91 Å². The van der Waals surface area contributed by atoms with E-state index in [4.69, 9.17) is 4.42 Å². The van der Waals surface area contributed by atoms with Crippen molar-refractivity contribution >= 4 is 21.7 Å². The van der Waals surface area contributed by atoms with Crippen molar-refractivity contribution in [1.29, 1.82) is 0 Å². The van der Waals surface area contributed by atoms with Crippen molar-refractivity contribution in [1.82, 2.24) is 9.80 Å². The van der Waals surface area contributed by atoms with Crippen LogP contribution in [0.15, 0.2) is 52.0 Å². The number of benzene rings is 1. The first-order valence-corrected chi connectivity index (χ1v) is 10.9. The number of furan rings is 1. The van der Waals surface area contributed by atoms with Crippen LogP contribution in [0.5, 0.6) is 0 Å². The number of hydrogen-bond acceptors (Lipinski definition) is 5. The Morgan fingerprint density at radius 1 is 1.00 bits per heavy atom. The third-order valence-corrected chi connectivity index (χ3v) is 6.44. The molecule has 1 aliphatic rings. The summed E-state index contributed by atoms with van der Waals surface area (Å²) in [6.07, 6.45) is 1.33. The van der Waals surface area contributed by atoms with E-state index in [1.54, 1.807) is 28.0 Å². The fourth-order valence-electron chi connectivity index (χ4n) is 3.19. The number of nitrogens with zero attached hydrogens (tertiary/aromatic N) is 2. The molecule has 8 heteroatoms. The van der Waals surface area contributed by atoms with Crippen molar-refractivity contribution in [3.05, 3.63) is 54.0 Å². The van der Waals surface area contributed by atoms with Gasteiger partial charge in [0.1, 0.15) is 0 Å². The van der Waals surface area contributed by atoms with Gasteiger partial charge in [0, 0.05) is 37.7 Å². The molecule has 1 aromatic carbocycles. The van der Waals surface area contributed by atoms with Crippen molar-refractivity contribution in [3.63, 3.8) is 0 Å². The van der Waals surface area contributed by atoms with Gasteiger partial charge in [0.25, 0.3) is 5.91 Å². The fourth-order valence-corrected chi connectivity index (χ4v) is 4.57. The Morgan fingerprint density at radius 3 is 2.21 bits per heavy atom. The molecule has 150 valence electrons. The summed E-state index contributed by atoms with van der Waals surface area (Å²) in [7, 11) is -3.58. The Kier molecular flexibility index (Phi) is 5.88. The van der Waals surface area contributed by atoms with Gasteiger partial charge >= 0.3 is 0 Å². The zero-order chi connectivity index (χ0) is 20.3. The standard InChI is InChI=1S/C20H24N2O5S/c1-15(2)19(23)21-9-11-22(12-10-21)20(24)18-16(8-13-27-18)14-28(25,26)17-6-4-3-5-7-17/h3-8,13,15H,9-12,14H2,1-2H3. The molecule has 1 aliphatic heterocycles. The Labute approximate surface area is 164 Å². The van der Waals surface area contributed by atoms with E-state index in [2.05, 4.69) is 0 Å². The van der Waals surface area contributed by atoms with Crippen LogP contribution in [0.4, 0.5) is 0 Å². The monoisotopic (exact) mass is 404 g/mol. The molecule has 0 aliphatic carbocycles. The summed E-state index contributed by atoms with van der Waals surface area (Å²) in [5.41, 5.74) is 0.342. The van der Waals surface area contributed by atoms with Crippen LogP contribution in [0.2, 0.25) is 0 Å². The minimum absolute atomic E-state index is 0.0446. The average molecular weight is 404 g/mol. The Morgan fingerprint density at radius 2 is 1.61 bits per heavy atom. The summed E-state index contributed by atoms with van der Waals surface area (Å²) in [4.78, 5) is 28.5. The molecule has 0 unspecified atom stereocenters. The Bertz CT molecular complexity index is 942. The van der Waals surface area contributed by atoms with Gasteiger partial charge in [0.15, 0.2) is 15.6 Å². The van der Waals surface area contributed by atoms with E-state index in [1.807, 2.05) is 13.8 Å². The van der Waals surface area contributed by atoms with Gasteiger partial charge in [-0.2, -0.15) is 0 Å². The molecular formula is C20H24N2O5S. The quantitative estimate of drug-likeness (QED) is 0.762. The Balaban J connectivity index is 1.70. The highest BCUT2D eigenvalue weighted by Crippen LogP contribution is 2.21. The number of carbonyl (C=O) groups excluding carboxylic acids is 2. The maximum absolute atomic E-state index is 12.8. The maximum atomic E-state index is 12.8. The van der Waals surface area contributed by atoms with Crippen molar-refractivity contribution in [2.75, 3.05) is 26.2 Å². The average Bonchev–Trinajstić information content (AvgIpc) is 3.15. The number of hydrogen-bond donors (Lipinski definition) is 0. The molecular weight excluding hydrogens is 380 g/mol. The van der Waals surface area contributed by atoms with Crippen LogP contribution < -0.4 is 0 Å². The van der Waals surface area contributed by atoms with Gasteiger partial charge in [-0.15, -0.1) is 0 Å². The van der Waals surface area contributed by atoms with E-state index in [1.165, 1.54) is 24.5 Å². The maximum Gasteiger partial charge on any atom is 0.289 e. The largest absolute Gasteiger partial charge is 0.459 e. The van der Waals surface area contributed by atoms with Crippen molar-refractivity contribution in [2.24, 2.45) is 5.92 Å². The lowest BCUT2D eigenvalue weighted by Gasteiger charge is -2.35. The van der Waals surface area contributed by atoms with Gasteiger partial charge in [-0.05, 0) is 18.2 Å². The number of piperazine rings is 1. The molecule has 0 atom stereocenters. The summed E-state index contributed by atoms with van der Waals surface area (Å²) >= 11 is 0. The first-order valence-electron chi connectivity index (χ1n) is 9.22. The van der Waals surface area contributed by atoms with Crippen molar-refractivity contribution in [2.45, 2.75) is 24.5 Å². The molecule has 2 heterocycles. The van der Waals surface area contributed by atoms with E-state index in [-0.39, 0.29) is 34.1 Å². The lowest BCUT2D eigenvalue weighted by atomic mass is 10.1. The summed E-state index contributed by atoms with van der Waals surface area (Å²) < 4.78 is 30.6. The molecule has 3 rings (SSSR count). The molecule has 0 bridgehead atoms. The normalized spacial score (nSPS) is 15.1. The first-order chi connectivity index (χ1) is 13.3. The molecule has 2 amide bonds. The molecule has 1 fully saturated rings. The van der Waals surface area contributed by atoms with Crippen LogP contribution in [0.1, 0.15) is 30.0 Å². The van der Waals surface area contributed by atoms with Gasteiger partial charge in [0.05, 0.1) is 16.9 Å². The minimum Gasteiger partial charge on any atom is -0.459 e. The number of amides is 2. The predicted molar refractivity (Wildman–Crippen MR) is 103 cm³/mol. The second-order valence-electron chi connectivity index (χ2n) is 7.12. The van der Waals surface area contributed by atoms with Crippen LogP contribution in [0.3, 0.4) is 0 Å². The lowest BCUT2D eigenvalue weighted by Crippen LogP contribution is -2.51. The highest BCUT2D eigenvalue weighted by Gasteiger charge is 2.29. The van der Waals surface area contributed by atoms with E-state index in [9.17, 15) is 18.0 Å². The van der Waals surface area contributed by atoms with E-state index < -0.39 is 9.84 Å². The highest BCUT2D eigenvalue weighted by molar-refractivity contribution is 7.90. The molecule has 0 radical (unpaired) electrons. The molecule has 28 heavy (non-hydrogen) atoms. The minimum atomic E-state index is -3.58. The smallest absolute Gasteiger partial charge is 0.289 e. The van der Waals surface area contributed by atoms with Crippen LogP contribution in [0, 0.1) is 5.92 Å². The topological polar surface area (TPSA) is 87.9 Å². The predicted octanol–water partition coefficient (Wildman–Crippen LogP) is 2.19. The molecule has 0 spiro atoms. The molecule has 2 aromatic rings.